The third-order valence-electron chi connectivity index (χ3n) is 10.6. The van der Waals surface area contributed by atoms with E-state index in [9.17, 15) is 38.2 Å². The van der Waals surface area contributed by atoms with Crippen LogP contribution in [0.25, 0.3) is 0 Å². The van der Waals surface area contributed by atoms with Crippen molar-refractivity contribution >= 4 is 23.9 Å². The molecular formula is C33H34F2O10. The predicted molar refractivity (Wildman–Crippen MR) is 149 cm³/mol. The summed E-state index contributed by atoms with van der Waals surface area (Å²) < 4.78 is 49.5. The summed E-state index contributed by atoms with van der Waals surface area (Å²) in [6, 6.07) is 11.1. The van der Waals surface area contributed by atoms with Gasteiger partial charge in [-0.15, -0.1) is 0 Å². The first kappa shape index (κ1) is 31.1. The lowest BCUT2D eigenvalue weighted by atomic mass is 9.43. The van der Waals surface area contributed by atoms with Crippen molar-refractivity contribution in [3.05, 3.63) is 71.3 Å². The van der Waals surface area contributed by atoms with Crippen molar-refractivity contribution < 1.29 is 57.1 Å². The molecule has 2 heterocycles. The Morgan fingerprint density at radius 2 is 1.51 bits per heavy atom. The lowest BCUT2D eigenvalue weighted by molar-refractivity contribution is -0.336. The molecule has 0 unspecified atom stereocenters. The van der Waals surface area contributed by atoms with Crippen LogP contribution in [0.15, 0.2) is 48.5 Å². The number of ether oxygens (including phenoxy) is 4. The lowest BCUT2D eigenvalue weighted by Crippen LogP contribution is -2.83. The highest BCUT2D eigenvalue weighted by Gasteiger charge is 2.90. The van der Waals surface area contributed by atoms with Gasteiger partial charge in [-0.2, -0.15) is 0 Å². The molecule has 45 heavy (non-hydrogen) atoms. The quantitative estimate of drug-likeness (QED) is 0.331. The van der Waals surface area contributed by atoms with Crippen LogP contribution in [-0.4, -0.2) is 70.2 Å². The summed E-state index contributed by atoms with van der Waals surface area (Å²) in [5.74, 6) is -5.17. The number of esters is 4. The maximum atomic E-state index is 13.7. The molecule has 6 rings (SSSR count). The highest BCUT2D eigenvalue weighted by Crippen LogP contribution is 2.73. The Hall–Kier alpha value is -3.90. The maximum Gasteiger partial charge on any atom is 0.355 e. The molecule has 2 aromatic rings. The number of benzene rings is 2. The van der Waals surface area contributed by atoms with Gasteiger partial charge < -0.3 is 29.2 Å². The Morgan fingerprint density at radius 3 is 2.09 bits per heavy atom. The molecule has 1 spiro atoms. The molecule has 0 aromatic heterocycles. The minimum atomic E-state index is -2.32. The fourth-order valence-corrected chi connectivity index (χ4v) is 8.31. The molecule has 2 aromatic carbocycles. The first-order chi connectivity index (χ1) is 21.3. The average Bonchev–Trinajstić information content (AvgIpc) is 3.39. The summed E-state index contributed by atoms with van der Waals surface area (Å²) in [5, 5.41) is 24.3. The van der Waals surface area contributed by atoms with Crippen LogP contribution in [0.2, 0.25) is 0 Å². The van der Waals surface area contributed by atoms with Crippen LogP contribution in [0.5, 0.6) is 0 Å². The van der Waals surface area contributed by atoms with Gasteiger partial charge in [-0.1, -0.05) is 31.2 Å². The molecule has 8 atom stereocenters. The van der Waals surface area contributed by atoms with Crippen molar-refractivity contribution in [2.24, 2.45) is 16.7 Å². The number of halogens is 2. The highest BCUT2D eigenvalue weighted by molar-refractivity contribution is 5.90. The van der Waals surface area contributed by atoms with Gasteiger partial charge >= 0.3 is 23.9 Å². The third-order valence-corrected chi connectivity index (χ3v) is 10.6. The van der Waals surface area contributed by atoms with Gasteiger partial charge in [-0.3, -0.25) is 9.59 Å². The number of fused-ring (bicyclic) bond motifs is 4. The second-order valence-corrected chi connectivity index (χ2v) is 12.8. The van der Waals surface area contributed by atoms with Crippen LogP contribution in [0.3, 0.4) is 0 Å². The summed E-state index contributed by atoms with van der Waals surface area (Å²) in [5.41, 5.74) is -6.76. The molecule has 2 aliphatic carbocycles. The van der Waals surface area contributed by atoms with Gasteiger partial charge in [0, 0.05) is 24.7 Å². The minimum absolute atomic E-state index is 0.0220. The van der Waals surface area contributed by atoms with Gasteiger partial charge in [0.1, 0.15) is 29.9 Å². The van der Waals surface area contributed by atoms with Gasteiger partial charge in [-0.25, -0.2) is 18.4 Å². The van der Waals surface area contributed by atoms with Crippen LogP contribution >= 0.6 is 0 Å². The number of hydrogen-bond acceptors (Lipinski definition) is 10. The standard InChI is InChI=1S/C33H34F2O10/c1-18-15-23(43-25(36)13-7-19-3-9-21(34)10-4-19)33(41)30(2)17-42-29(40)32(30,24-16-31(18,33)27(38)28(39)44-24)45-26(37)14-8-20-5-11-22(35)12-6-20/h3-6,9-12,18,23-24,27,38,41H,7-8,13-17H2,1-2H3/t18-,23-,24-,27+,30-,31+,32-,33+/m1/s1. The first-order valence-corrected chi connectivity index (χ1v) is 15.0. The smallest absolute Gasteiger partial charge is 0.355 e. The summed E-state index contributed by atoms with van der Waals surface area (Å²) >= 11 is 0. The summed E-state index contributed by atoms with van der Waals surface area (Å²) in [6.07, 6.45) is -4.81. The Labute approximate surface area is 257 Å². The van der Waals surface area contributed by atoms with Crippen LogP contribution in [0.1, 0.15) is 50.7 Å². The molecule has 2 saturated heterocycles. The predicted octanol–water partition coefficient (Wildman–Crippen LogP) is 2.73. The molecule has 4 fully saturated rings. The Morgan fingerprint density at radius 1 is 0.956 bits per heavy atom. The minimum Gasteiger partial charge on any atom is -0.462 e. The van der Waals surface area contributed by atoms with E-state index in [0.29, 0.717) is 11.1 Å². The zero-order valence-corrected chi connectivity index (χ0v) is 24.8. The van der Waals surface area contributed by atoms with E-state index in [1.807, 2.05) is 0 Å². The van der Waals surface area contributed by atoms with E-state index in [1.165, 1.54) is 55.5 Å². The number of hydrogen-bond donors (Lipinski definition) is 2. The second-order valence-electron chi connectivity index (χ2n) is 12.8. The van der Waals surface area contributed by atoms with E-state index in [1.54, 1.807) is 6.92 Å². The van der Waals surface area contributed by atoms with Crippen LogP contribution in [0.4, 0.5) is 8.78 Å². The number of carbonyl (C=O) groups is 4. The van der Waals surface area contributed by atoms with Crippen molar-refractivity contribution in [2.45, 2.75) is 81.9 Å². The molecule has 12 heteroatoms. The van der Waals surface area contributed by atoms with Gasteiger partial charge in [0.2, 0.25) is 0 Å². The average molecular weight is 629 g/mol. The monoisotopic (exact) mass is 628 g/mol. The molecule has 240 valence electrons. The van der Waals surface area contributed by atoms with E-state index in [2.05, 4.69) is 0 Å². The number of aliphatic hydroxyl groups excluding tert-OH is 1. The molecule has 2 N–H and O–H groups in total. The van der Waals surface area contributed by atoms with Crippen molar-refractivity contribution in [1.29, 1.82) is 0 Å². The Bertz CT molecular complexity index is 1530. The van der Waals surface area contributed by atoms with Gasteiger partial charge in [0.15, 0.2) is 12.2 Å². The van der Waals surface area contributed by atoms with Crippen LogP contribution in [-0.2, 0) is 51.0 Å². The Balaban J connectivity index is 1.33. The zero-order valence-electron chi connectivity index (χ0n) is 24.8. The summed E-state index contributed by atoms with van der Waals surface area (Å²) in [4.78, 5) is 53.4. The van der Waals surface area contributed by atoms with Gasteiger partial charge in [0.05, 0.1) is 5.41 Å². The van der Waals surface area contributed by atoms with Gasteiger partial charge in [0.25, 0.3) is 5.60 Å². The van der Waals surface area contributed by atoms with E-state index in [-0.39, 0.29) is 38.5 Å². The number of aryl methyl sites for hydroxylation is 2. The van der Waals surface area contributed by atoms with E-state index >= 15 is 0 Å². The molecule has 4 aliphatic rings. The van der Waals surface area contributed by atoms with Crippen molar-refractivity contribution in [1.82, 2.24) is 0 Å². The lowest BCUT2D eigenvalue weighted by Gasteiger charge is -2.65. The molecule has 2 bridgehead atoms. The number of cyclic esters (lactones) is 1. The van der Waals surface area contributed by atoms with E-state index < -0.39 is 88.4 Å². The maximum absolute atomic E-state index is 13.7. The fraction of sp³-hybridized carbons (Fsp3) is 0.515. The molecule has 10 nitrogen and oxygen atoms in total. The summed E-state index contributed by atoms with van der Waals surface area (Å²) in [7, 11) is 0. The van der Waals surface area contributed by atoms with E-state index in [0.717, 1.165) is 0 Å². The van der Waals surface area contributed by atoms with Crippen molar-refractivity contribution in [3.8, 4) is 0 Å². The molecule has 0 radical (unpaired) electrons. The zero-order chi connectivity index (χ0) is 32.4. The van der Waals surface area contributed by atoms with Crippen molar-refractivity contribution in [3.63, 3.8) is 0 Å². The topological polar surface area (TPSA) is 146 Å². The van der Waals surface area contributed by atoms with Crippen LogP contribution in [0, 0.1) is 28.4 Å². The summed E-state index contributed by atoms with van der Waals surface area (Å²) in [6.45, 7) is 2.68. The third kappa shape index (κ3) is 4.39. The molecule has 2 aliphatic heterocycles. The number of aliphatic hydroxyl groups is 2. The SMILES string of the molecule is C[C@@H]1C[C@@H](OC(=O)CCc2ccc(F)cc2)[C@@]2(O)[C@@]13C[C@@H](OC(=O)[C@@H]3O)[C@@]1(OC(=O)CCc3ccc(F)cc3)C(=O)OC[C@@]21C. The number of carbonyl (C=O) groups excluding carboxylic acids is 4. The van der Waals surface area contributed by atoms with Crippen LogP contribution < -0.4 is 0 Å². The van der Waals surface area contributed by atoms with Gasteiger partial charge in [-0.05, 0) is 67.5 Å². The number of rotatable bonds is 8. The normalized spacial score (nSPS) is 36.4. The second kappa shape index (κ2) is 10.9. The Kier molecular flexibility index (Phi) is 7.51. The fourth-order valence-electron chi connectivity index (χ4n) is 8.31. The molecular weight excluding hydrogens is 594 g/mol. The largest absolute Gasteiger partial charge is 0.462 e. The highest BCUT2D eigenvalue weighted by atomic mass is 19.1. The molecule has 2 saturated carbocycles. The first-order valence-electron chi connectivity index (χ1n) is 15.0. The van der Waals surface area contributed by atoms with E-state index in [4.69, 9.17) is 18.9 Å². The molecule has 0 amide bonds. The van der Waals surface area contributed by atoms with Crippen molar-refractivity contribution in [2.75, 3.05) is 6.61 Å².